The Balaban J connectivity index is 2.10. The van der Waals surface area contributed by atoms with Gasteiger partial charge in [-0.1, -0.05) is 36.0 Å². The summed E-state index contributed by atoms with van der Waals surface area (Å²) in [5, 5.41) is 0.639. The summed E-state index contributed by atoms with van der Waals surface area (Å²) in [6.07, 6.45) is 0.268. The van der Waals surface area contributed by atoms with Crippen molar-refractivity contribution in [3.8, 4) is 0 Å². The fourth-order valence-corrected chi connectivity index (χ4v) is 2.81. The van der Waals surface area contributed by atoms with Crippen molar-refractivity contribution < 1.29 is 9.53 Å². The van der Waals surface area contributed by atoms with Crippen LogP contribution in [0.1, 0.15) is 16.8 Å². The lowest BCUT2D eigenvalue weighted by atomic mass is 10.1. The van der Waals surface area contributed by atoms with E-state index in [1.807, 2.05) is 31.2 Å². The number of rotatable bonds is 5. The molecule has 0 aliphatic rings. The zero-order valence-electron chi connectivity index (χ0n) is 12.0. The molecule has 0 unspecified atom stereocenters. The van der Waals surface area contributed by atoms with Crippen molar-refractivity contribution in [2.45, 2.75) is 24.3 Å². The second-order valence-corrected chi connectivity index (χ2v) is 5.47. The fraction of sp³-hybridized carbons (Fsp3) is 0.267. The number of hydrogen-bond donors (Lipinski definition) is 1. The fourth-order valence-electron chi connectivity index (χ4n) is 1.87. The van der Waals surface area contributed by atoms with Crippen LogP contribution in [0.5, 0.6) is 0 Å². The predicted molar refractivity (Wildman–Crippen MR) is 82.9 cm³/mol. The highest BCUT2D eigenvalue weighted by atomic mass is 32.2. The molecule has 1 heterocycles. The van der Waals surface area contributed by atoms with Crippen LogP contribution < -0.4 is 5.73 Å². The molecular formula is C15H17N3O2S. The first-order valence-electron chi connectivity index (χ1n) is 6.46. The maximum atomic E-state index is 11.4. The van der Waals surface area contributed by atoms with Gasteiger partial charge in [-0.05, 0) is 18.1 Å². The van der Waals surface area contributed by atoms with E-state index in [4.69, 9.17) is 10.5 Å². The summed E-state index contributed by atoms with van der Waals surface area (Å²) in [4.78, 5) is 20.0. The Morgan fingerprint density at radius 1 is 1.29 bits per heavy atom. The maximum absolute atomic E-state index is 11.4. The molecule has 0 fully saturated rings. The molecule has 1 aromatic heterocycles. The molecule has 2 N–H and O–H groups in total. The molecule has 0 amide bonds. The molecule has 2 aromatic rings. The number of thioether (sulfide) groups is 1. The molecule has 5 nitrogen and oxygen atoms in total. The first kappa shape index (κ1) is 15.3. The van der Waals surface area contributed by atoms with E-state index < -0.39 is 0 Å². The summed E-state index contributed by atoms with van der Waals surface area (Å²) in [6.45, 7) is 1.88. The van der Waals surface area contributed by atoms with E-state index in [1.54, 1.807) is 6.07 Å². The normalized spacial score (nSPS) is 10.4. The highest BCUT2D eigenvalue weighted by Crippen LogP contribution is 2.23. The van der Waals surface area contributed by atoms with Crippen LogP contribution in [0.3, 0.4) is 0 Å². The summed E-state index contributed by atoms with van der Waals surface area (Å²) >= 11 is 1.50. The third-order valence-corrected chi connectivity index (χ3v) is 3.79. The molecular weight excluding hydrogens is 286 g/mol. The number of esters is 1. The van der Waals surface area contributed by atoms with Gasteiger partial charge in [0.05, 0.1) is 13.5 Å². The Kier molecular flexibility index (Phi) is 5.16. The van der Waals surface area contributed by atoms with Gasteiger partial charge in [0.25, 0.3) is 0 Å². The van der Waals surface area contributed by atoms with Crippen molar-refractivity contribution in [3.05, 3.63) is 47.2 Å². The van der Waals surface area contributed by atoms with E-state index in [9.17, 15) is 4.79 Å². The van der Waals surface area contributed by atoms with Gasteiger partial charge >= 0.3 is 5.97 Å². The smallest absolute Gasteiger partial charge is 0.309 e. The van der Waals surface area contributed by atoms with Gasteiger partial charge < -0.3 is 10.5 Å². The van der Waals surface area contributed by atoms with Crippen molar-refractivity contribution in [3.63, 3.8) is 0 Å². The van der Waals surface area contributed by atoms with Crippen LogP contribution in [-0.4, -0.2) is 23.0 Å². The third-order valence-electron chi connectivity index (χ3n) is 2.89. The molecule has 2 rings (SSSR count). The van der Waals surface area contributed by atoms with Crippen molar-refractivity contribution in [1.29, 1.82) is 0 Å². The van der Waals surface area contributed by atoms with Crippen molar-refractivity contribution in [2.24, 2.45) is 0 Å². The highest BCUT2D eigenvalue weighted by molar-refractivity contribution is 7.98. The topological polar surface area (TPSA) is 78.1 Å². The van der Waals surface area contributed by atoms with Crippen LogP contribution in [0.2, 0.25) is 0 Å². The van der Waals surface area contributed by atoms with Gasteiger partial charge in [-0.2, -0.15) is 0 Å². The molecule has 0 aliphatic heterocycles. The first-order chi connectivity index (χ1) is 10.1. The van der Waals surface area contributed by atoms with Gasteiger partial charge in [0.15, 0.2) is 5.16 Å². The molecule has 0 spiro atoms. The summed E-state index contributed by atoms with van der Waals surface area (Å²) in [7, 11) is 1.39. The number of ether oxygens (including phenoxy) is 1. The predicted octanol–water partition coefficient (Wildman–Crippen LogP) is 2.38. The molecule has 0 aliphatic carbocycles. The first-order valence-corrected chi connectivity index (χ1v) is 7.44. The Bertz CT molecular complexity index is 626. The number of aromatic nitrogens is 2. The number of carbonyl (C=O) groups excluding carboxylic acids is 1. The number of nitrogens with two attached hydrogens (primary N) is 1. The number of aryl methyl sites for hydroxylation is 1. The Hall–Kier alpha value is -2.08. The number of anilines is 1. The Morgan fingerprint density at radius 3 is 2.67 bits per heavy atom. The van der Waals surface area contributed by atoms with Gasteiger partial charge in [0.2, 0.25) is 0 Å². The number of hydrogen-bond acceptors (Lipinski definition) is 6. The monoisotopic (exact) mass is 303 g/mol. The average Bonchev–Trinajstić information content (AvgIpc) is 2.45. The average molecular weight is 303 g/mol. The second kappa shape index (κ2) is 7.08. The number of nitrogen functional groups attached to an aromatic ring is 1. The largest absolute Gasteiger partial charge is 0.469 e. The number of carbonyl (C=O) groups is 1. The van der Waals surface area contributed by atoms with Crippen LogP contribution in [-0.2, 0) is 21.7 Å². The van der Waals surface area contributed by atoms with E-state index >= 15 is 0 Å². The number of nitrogens with zero attached hydrogens (tertiary/aromatic N) is 2. The van der Waals surface area contributed by atoms with Crippen LogP contribution in [0, 0.1) is 6.92 Å². The standard InChI is InChI=1S/C15H17N3O2S/c1-10-7-13(16)18-15(17-10)21-9-12-6-4-3-5-11(12)8-14(19)20-2/h3-7H,8-9H2,1-2H3,(H2,16,17,18). The SMILES string of the molecule is COC(=O)Cc1ccccc1CSc1nc(C)cc(N)n1. The van der Waals surface area contributed by atoms with Crippen molar-refractivity contribution in [1.82, 2.24) is 9.97 Å². The van der Waals surface area contributed by atoms with Crippen molar-refractivity contribution >= 4 is 23.5 Å². The second-order valence-electron chi connectivity index (χ2n) is 4.53. The van der Waals surface area contributed by atoms with E-state index in [0.29, 0.717) is 16.7 Å². The minimum atomic E-state index is -0.247. The van der Waals surface area contributed by atoms with Crippen LogP contribution in [0.15, 0.2) is 35.5 Å². The highest BCUT2D eigenvalue weighted by Gasteiger charge is 2.09. The lowest BCUT2D eigenvalue weighted by Crippen LogP contribution is -2.06. The zero-order valence-corrected chi connectivity index (χ0v) is 12.8. The van der Waals surface area contributed by atoms with Gasteiger partial charge in [-0.3, -0.25) is 4.79 Å². The van der Waals surface area contributed by atoms with Gasteiger partial charge in [-0.25, -0.2) is 9.97 Å². The minimum Gasteiger partial charge on any atom is -0.469 e. The van der Waals surface area contributed by atoms with Gasteiger partial charge in [0.1, 0.15) is 5.82 Å². The van der Waals surface area contributed by atoms with E-state index in [0.717, 1.165) is 16.8 Å². The molecule has 1 aromatic carbocycles. The molecule has 0 atom stereocenters. The Labute approximate surface area is 127 Å². The molecule has 21 heavy (non-hydrogen) atoms. The minimum absolute atomic E-state index is 0.247. The molecule has 6 heteroatoms. The van der Waals surface area contributed by atoms with E-state index in [-0.39, 0.29) is 12.4 Å². The summed E-state index contributed by atoms with van der Waals surface area (Å²) in [5.74, 6) is 0.895. The van der Waals surface area contributed by atoms with E-state index in [1.165, 1.54) is 18.9 Å². The van der Waals surface area contributed by atoms with E-state index in [2.05, 4.69) is 9.97 Å². The third kappa shape index (κ3) is 4.46. The lowest BCUT2D eigenvalue weighted by Gasteiger charge is -2.08. The van der Waals surface area contributed by atoms with Crippen molar-refractivity contribution in [2.75, 3.05) is 12.8 Å². The zero-order chi connectivity index (χ0) is 15.2. The number of methoxy groups -OCH3 is 1. The van der Waals surface area contributed by atoms with Crippen LogP contribution >= 0.6 is 11.8 Å². The number of benzene rings is 1. The van der Waals surface area contributed by atoms with Crippen LogP contribution in [0.4, 0.5) is 5.82 Å². The quantitative estimate of drug-likeness (QED) is 0.519. The summed E-state index contributed by atoms with van der Waals surface area (Å²) in [6, 6.07) is 9.51. The molecule has 110 valence electrons. The molecule has 0 radical (unpaired) electrons. The molecule has 0 saturated heterocycles. The summed E-state index contributed by atoms with van der Waals surface area (Å²) < 4.78 is 4.72. The maximum Gasteiger partial charge on any atom is 0.309 e. The lowest BCUT2D eigenvalue weighted by molar-refractivity contribution is -0.139. The molecule has 0 saturated carbocycles. The molecule has 0 bridgehead atoms. The van der Waals surface area contributed by atoms with Crippen LogP contribution in [0.25, 0.3) is 0 Å². The van der Waals surface area contributed by atoms with Gasteiger partial charge in [0, 0.05) is 17.5 Å². The summed E-state index contributed by atoms with van der Waals surface area (Å²) in [5.41, 5.74) is 8.58. The van der Waals surface area contributed by atoms with Gasteiger partial charge in [-0.15, -0.1) is 0 Å². The Morgan fingerprint density at radius 2 is 2.00 bits per heavy atom.